The molecule has 138 valence electrons. The Labute approximate surface area is 159 Å². The van der Waals surface area contributed by atoms with E-state index in [0.29, 0.717) is 11.0 Å². The van der Waals surface area contributed by atoms with Crippen molar-refractivity contribution in [2.45, 2.75) is 16.6 Å². The van der Waals surface area contributed by atoms with Crippen molar-refractivity contribution < 1.29 is 16.8 Å². The molecule has 0 unspecified atom stereocenters. The molecular formula is C15H15N3O4S4. The summed E-state index contributed by atoms with van der Waals surface area (Å²) in [5, 5.41) is 1.18. The molecule has 0 saturated carbocycles. The third-order valence-electron chi connectivity index (χ3n) is 4.43. The lowest BCUT2D eigenvalue weighted by molar-refractivity contribution is 0.429. The van der Waals surface area contributed by atoms with Gasteiger partial charge in [-0.3, -0.25) is 0 Å². The van der Waals surface area contributed by atoms with Crippen LogP contribution >= 0.6 is 23.1 Å². The molecule has 0 bridgehead atoms. The van der Waals surface area contributed by atoms with Gasteiger partial charge in [-0.1, -0.05) is 12.1 Å². The zero-order chi connectivity index (χ0) is 18.4. The Morgan fingerprint density at radius 2 is 1.96 bits per heavy atom. The Kier molecular flexibility index (Phi) is 4.59. The van der Waals surface area contributed by atoms with E-state index in [9.17, 15) is 16.8 Å². The Balaban J connectivity index is 1.70. The van der Waals surface area contributed by atoms with Gasteiger partial charge in [-0.15, -0.1) is 11.3 Å². The van der Waals surface area contributed by atoms with E-state index in [1.54, 1.807) is 18.2 Å². The number of nitrogens with zero attached hydrogens (tertiary/aromatic N) is 3. The number of hydrogen-bond acceptors (Lipinski definition) is 8. The van der Waals surface area contributed by atoms with Crippen molar-refractivity contribution in [2.24, 2.45) is 0 Å². The van der Waals surface area contributed by atoms with Crippen LogP contribution < -0.4 is 0 Å². The van der Waals surface area contributed by atoms with E-state index in [2.05, 4.69) is 8.75 Å². The highest BCUT2D eigenvalue weighted by molar-refractivity contribution is 7.92. The van der Waals surface area contributed by atoms with Crippen molar-refractivity contribution in [1.29, 1.82) is 0 Å². The van der Waals surface area contributed by atoms with Crippen LogP contribution in [0.1, 0.15) is 16.5 Å². The molecule has 3 aromatic rings. The molecule has 1 aliphatic rings. The van der Waals surface area contributed by atoms with Gasteiger partial charge in [0.1, 0.15) is 15.9 Å². The first-order valence-corrected chi connectivity index (χ1v) is 12.6. The minimum atomic E-state index is -3.85. The molecule has 11 heteroatoms. The maximum Gasteiger partial charge on any atom is 0.245 e. The fourth-order valence-electron chi connectivity index (χ4n) is 3.09. The fourth-order valence-corrected chi connectivity index (χ4v) is 8.41. The van der Waals surface area contributed by atoms with E-state index in [0.717, 1.165) is 16.6 Å². The van der Waals surface area contributed by atoms with Gasteiger partial charge in [0.15, 0.2) is 9.84 Å². The molecule has 1 saturated heterocycles. The van der Waals surface area contributed by atoms with Crippen LogP contribution in [0, 0.1) is 0 Å². The van der Waals surface area contributed by atoms with Crippen LogP contribution in [0.3, 0.4) is 0 Å². The number of fused-ring (bicyclic) bond motifs is 1. The Morgan fingerprint density at radius 1 is 1.12 bits per heavy atom. The minimum absolute atomic E-state index is 0.0551. The third-order valence-corrected chi connectivity index (χ3v) is 10.1. The number of hydrogen-bond donors (Lipinski definition) is 0. The summed E-state index contributed by atoms with van der Waals surface area (Å²) < 4.78 is 61.0. The summed E-state index contributed by atoms with van der Waals surface area (Å²) in [5.41, 5.74) is 0.856. The molecule has 4 rings (SSSR count). The number of sulfone groups is 1. The van der Waals surface area contributed by atoms with E-state index < -0.39 is 25.1 Å². The maximum atomic E-state index is 13.1. The molecule has 0 N–H and O–H groups in total. The monoisotopic (exact) mass is 429 g/mol. The molecule has 1 aromatic carbocycles. The molecular weight excluding hydrogens is 414 g/mol. The first-order valence-electron chi connectivity index (χ1n) is 7.86. The summed E-state index contributed by atoms with van der Waals surface area (Å²) in [7, 11) is -7.26. The summed E-state index contributed by atoms with van der Waals surface area (Å²) in [5.74, 6) is -0.194. The van der Waals surface area contributed by atoms with Crippen molar-refractivity contribution in [1.82, 2.24) is 13.1 Å². The molecule has 1 atom stereocenters. The quantitative estimate of drug-likeness (QED) is 0.634. The number of thiophene rings is 1. The average molecular weight is 430 g/mol. The van der Waals surface area contributed by atoms with Crippen molar-refractivity contribution >= 4 is 54.0 Å². The lowest BCUT2D eigenvalue weighted by Gasteiger charge is -2.19. The molecule has 0 aliphatic carbocycles. The highest BCUT2D eigenvalue weighted by Gasteiger charge is 2.36. The van der Waals surface area contributed by atoms with Gasteiger partial charge in [0.05, 0.1) is 22.7 Å². The van der Waals surface area contributed by atoms with Crippen molar-refractivity contribution in [3.8, 4) is 0 Å². The van der Waals surface area contributed by atoms with E-state index in [1.165, 1.54) is 21.7 Å². The molecule has 0 radical (unpaired) electrons. The zero-order valence-corrected chi connectivity index (χ0v) is 16.7. The van der Waals surface area contributed by atoms with E-state index >= 15 is 0 Å². The molecule has 7 nitrogen and oxygen atoms in total. The molecule has 1 fully saturated rings. The standard InChI is InChI=1S/C15H15N3O4S4/c19-25(20)10-8-18(7-6-13(25)12-4-2-9-23-12)26(21,22)14-5-1-3-11-15(14)17-24-16-11/h1-5,9,13H,6-8,10H2/t13-/m1/s1. The molecule has 3 heterocycles. The van der Waals surface area contributed by atoms with Crippen molar-refractivity contribution in [3.63, 3.8) is 0 Å². The average Bonchev–Trinajstić information content (AvgIpc) is 3.25. The highest BCUT2D eigenvalue weighted by Crippen LogP contribution is 2.34. The normalized spacial score (nSPS) is 21.6. The fraction of sp³-hybridized carbons (Fsp3) is 0.333. The van der Waals surface area contributed by atoms with Gasteiger partial charge in [0.25, 0.3) is 0 Å². The third kappa shape index (κ3) is 3.07. The van der Waals surface area contributed by atoms with Crippen LogP contribution in [-0.4, -0.2) is 48.7 Å². The smallest absolute Gasteiger partial charge is 0.228 e. The zero-order valence-electron chi connectivity index (χ0n) is 13.5. The summed E-state index contributed by atoms with van der Waals surface area (Å²) >= 11 is 2.34. The summed E-state index contributed by atoms with van der Waals surface area (Å²) in [4.78, 5) is 0.839. The second-order valence-corrected chi connectivity index (χ2v) is 11.7. The number of sulfonamides is 1. The molecule has 26 heavy (non-hydrogen) atoms. The predicted molar refractivity (Wildman–Crippen MR) is 102 cm³/mol. The predicted octanol–water partition coefficient (Wildman–Crippen LogP) is 2.30. The van der Waals surface area contributed by atoms with Crippen LogP contribution in [0.15, 0.2) is 40.6 Å². The number of rotatable bonds is 3. The topological polar surface area (TPSA) is 97.3 Å². The first kappa shape index (κ1) is 18.0. The second kappa shape index (κ2) is 6.64. The first-order chi connectivity index (χ1) is 12.4. The van der Waals surface area contributed by atoms with Gasteiger partial charge in [-0.2, -0.15) is 13.1 Å². The SMILES string of the molecule is O=S1(=O)CCN(S(=O)(=O)c2cccc3nsnc23)CC[C@@H]1c1cccs1. The molecule has 0 spiro atoms. The molecule has 1 aliphatic heterocycles. The Hall–Kier alpha value is -1.40. The minimum Gasteiger partial charge on any atom is -0.228 e. The van der Waals surface area contributed by atoms with Gasteiger partial charge in [0, 0.05) is 18.0 Å². The summed E-state index contributed by atoms with van der Waals surface area (Å²) in [6, 6.07) is 8.43. The van der Waals surface area contributed by atoms with Crippen molar-refractivity contribution in [2.75, 3.05) is 18.8 Å². The van der Waals surface area contributed by atoms with E-state index in [4.69, 9.17) is 0 Å². The number of benzene rings is 1. The van der Waals surface area contributed by atoms with Crippen molar-refractivity contribution in [3.05, 3.63) is 40.6 Å². The molecule has 0 amide bonds. The lowest BCUT2D eigenvalue weighted by Crippen LogP contribution is -2.33. The van der Waals surface area contributed by atoms with Crippen LogP contribution in [0.2, 0.25) is 0 Å². The van der Waals surface area contributed by atoms with Gasteiger partial charge in [-0.05, 0) is 30.0 Å². The van der Waals surface area contributed by atoms with E-state index in [-0.39, 0.29) is 30.2 Å². The lowest BCUT2D eigenvalue weighted by atomic mass is 10.2. The van der Waals surface area contributed by atoms with E-state index in [1.807, 2.05) is 11.4 Å². The highest BCUT2D eigenvalue weighted by atomic mass is 32.2. The van der Waals surface area contributed by atoms with Gasteiger partial charge >= 0.3 is 0 Å². The molecule has 2 aromatic heterocycles. The van der Waals surface area contributed by atoms with Gasteiger partial charge in [0.2, 0.25) is 10.0 Å². The van der Waals surface area contributed by atoms with Crippen LogP contribution in [0.4, 0.5) is 0 Å². The van der Waals surface area contributed by atoms with Gasteiger partial charge < -0.3 is 0 Å². The Bertz CT molecular complexity index is 1140. The second-order valence-electron chi connectivity index (χ2n) is 5.95. The van der Waals surface area contributed by atoms with Crippen LogP contribution in [0.5, 0.6) is 0 Å². The number of aromatic nitrogens is 2. The van der Waals surface area contributed by atoms with Crippen LogP contribution in [-0.2, 0) is 19.9 Å². The Morgan fingerprint density at radius 3 is 2.73 bits per heavy atom. The van der Waals surface area contributed by atoms with Crippen LogP contribution in [0.25, 0.3) is 11.0 Å². The maximum absolute atomic E-state index is 13.1. The summed E-state index contributed by atoms with van der Waals surface area (Å²) in [6.07, 6.45) is 0.243. The summed E-state index contributed by atoms with van der Waals surface area (Å²) in [6.45, 7) is 0.0958. The van der Waals surface area contributed by atoms with Gasteiger partial charge in [-0.25, -0.2) is 16.8 Å². The largest absolute Gasteiger partial charge is 0.245 e.